The summed E-state index contributed by atoms with van der Waals surface area (Å²) in [6, 6.07) is 12.4. The summed E-state index contributed by atoms with van der Waals surface area (Å²) < 4.78 is 1.42. The van der Waals surface area contributed by atoms with Crippen molar-refractivity contribution in [2.75, 3.05) is 12.4 Å². The van der Waals surface area contributed by atoms with Gasteiger partial charge in [-0.25, -0.2) is 14.6 Å². The van der Waals surface area contributed by atoms with Gasteiger partial charge in [-0.2, -0.15) is 10.3 Å². The quantitative estimate of drug-likeness (QED) is 0.184. The number of anilines is 1. The molecule has 0 saturated carbocycles. The number of carbonyl (C=O) groups excluding carboxylic acids is 2. The number of hydrogen-bond donors (Lipinski definition) is 4. The van der Waals surface area contributed by atoms with Gasteiger partial charge in [-0.15, -0.1) is 10.2 Å². The first kappa shape index (κ1) is 26.8. The molecule has 218 valence electrons. The van der Waals surface area contributed by atoms with Crippen molar-refractivity contribution in [3.05, 3.63) is 104 Å². The van der Waals surface area contributed by atoms with E-state index in [-0.39, 0.29) is 35.3 Å². The summed E-state index contributed by atoms with van der Waals surface area (Å²) in [4.78, 5) is 58.2. The summed E-state index contributed by atoms with van der Waals surface area (Å²) in [6.07, 6.45) is 4.27. The zero-order valence-corrected chi connectivity index (χ0v) is 23.2. The Bertz CT molecular complexity index is 2150. The number of aryl methyl sites for hydroxylation is 1. The second-order valence-electron chi connectivity index (χ2n) is 10.3. The monoisotopic (exact) mass is 589 g/mol. The normalized spacial score (nSPS) is 14.1. The van der Waals surface area contributed by atoms with Gasteiger partial charge in [0.25, 0.3) is 22.7 Å². The first-order chi connectivity index (χ1) is 21.4. The van der Waals surface area contributed by atoms with E-state index in [1.54, 1.807) is 19.3 Å². The van der Waals surface area contributed by atoms with Crippen LogP contribution in [0.4, 0.5) is 5.69 Å². The molecule has 2 amide bonds. The fraction of sp³-hybridized carbons (Fsp3) is 0.172. The van der Waals surface area contributed by atoms with E-state index < -0.39 is 22.7 Å². The number of aromatic amines is 1. The van der Waals surface area contributed by atoms with Gasteiger partial charge in [0.2, 0.25) is 5.82 Å². The highest BCUT2D eigenvalue weighted by molar-refractivity contribution is 5.97. The minimum Gasteiger partial charge on any atom is -0.383 e. The van der Waals surface area contributed by atoms with Gasteiger partial charge in [0.05, 0.1) is 17.8 Å². The van der Waals surface area contributed by atoms with Crippen LogP contribution in [0.3, 0.4) is 0 Å². The van der Waals surface area contributed by atoms with Crippen LogP contribution in [0.5, 0.6) is 0 Å². The van der Waals surface area contributed by atoms with Crippen LogP contribution in [0.1, 0.15) is 50.1 Å². The smallest absolute Gasteiger partial charge is 0.270 e. The molecule has 6 aromatic rings. The van der Waals surface area contributed by atoms with E-state index >= 15 is 0 Å². The van der Waals surface area contributed by atoms with Crippen molar-refractivity contribution in [2.45, 2.75) is 25.4 Å². The molecule has 0 radical (unpaired) electrons. The predicted octanol–water partition coefficient (Wildman–Crippen LogP) is 0.981. The Morgan fingerprint density at radius 1 is 1.02 bits per heavy atom. The summed E-state index contributed by atoms with van der Waals surface area (Å²) in [5.41, 5.74) is 3.56. The summed E-state index contributed by atoms with van der Waals surface area (Å²) in [7, 11) is 1.57. The standard InChI is InChI=1S/C29H23N11O4/c1-30-23-24(26(42)25(23)41)40-22-8-14(2-3-17(22)12-34-40)11-31-28(43)20-10-21(33-13-32-20)29(44)35-19-7-5-15-9-16(4-6-18(15)19)27-36-38-39-37-27/h2-4,6,8-10,12-13,19,30H,5,7,11H2,1H3,(H,31,43)(H,35,44)(H,36,37,38,39)/t19-/m0/s1. The third-order valence-electron chi connectivity index (χ3n) is 7.70. The topological polar surface area (TPSA) is 202 Å². The highest BCUT2D eigenvalue weighted by Gasteiger charge is 2.26. The number of rotatable bonds is 8. The number of fused-ring (bicyclic) bond motifs is 2. The van der Waals surface area contributed by atoms with E-state index in [4.69, 9.17) is 0 Å². The van der Waals surface area contributed by atoms with Crippen molar-refractivity contribution in [2.24, 2.45) is 0 Å². The Hall–Kier alpha value is -6.12. The van der Waals surface area contributed by atoms with Gasteiger partial charge >= 0.3 is 0 Å². The summed E-state index contributed by atoms with van der Waals surface area (Å²) in [6.45, 7) is 0.140. The van der Waals surface area contributed by atoms with Crippen molar-refractivity contribution in [1.82, 2.24) is 51.0 Å². The van der Waals surface area contributed by atoms with Crippen molar-refractivity contribution in [3.63, 3.8) is 0 Å². The maximum absolute atomic E-state index is 13.1. The van der Waals surface area contributed by atoms with E-state index in [0.29, 0.717) is 11.3 Å². The molecule has 1 aliphatic carbocycles. The second kappa shape index (κ2) is 10.6. The average molecular weight is 590 g/mol. The van der Waals surface area contributed by atoms with Crippen LogP contribution in [-0.4, -0.2) is 59.2 Å². The molecule has 7 rings (SSSR count). The van der Waals surface area contributed by atoms with Crippen LogP contribution in [-0.2, 0) is 13.0 Å². The Kier molecular flexibility index (Phi) is 6.46. The zero-order valence-electron chi connectivity index (χ0n) is 23.2. The highest BCUT2D eigenvalue weighted by atomic mass is 16.2. The van der Waals surface area contributed by atoms with Crippen molar-refractivity contribution in [1.29, 1.82) is 0 Å². The molecule has 0 bridgehead atoms. The van der Waals surface area contributed by atoms with Crippen LogP contribution in [0.25, 0.3) is 28.0 Å². The van der Waals surface area contributed by atoms with Crippen molar-refractivity contribution in [3.8, 4) is 17.1 Å². The van der Waals surface area contributed by atoms with E-state index in [2.05, 4.69) is 51.6 Å². The number of nitrogens with one attached hydrogen (secondary N) is 4. The van der Waals surface area contributed by atoms with E-state index in [1.807, 2.05) is 30.3 Å². The number of amides is 2. The van der Waals surface area contributed by atoms with Crippen molar-refractivity contribution >= 4 is 28.4 Å². The van der Waals surface area contributed by atoms with E-state index in [1.165, 1.54) is 17.1 Å². The van der Waals surface area contributed by atoms with Gasteiger partial charge in [0, 0.05) is 30.6 Å². The van der Waals surface area contributed by atoms with E-state index in [9.17, 15) is 19.2 Å². The van der Waals surface area contributed by atoms with Gasteiger partial charge in [-0.05, 0) is 46.9 Å². The van der Waals surface area contributed by atoms with Crippen LogP contribution >= 0.6 is 0 Å². The Labute approximate surface area is 247 Å². The minimum absolute atomic E-state index is 0.0373. The lowest BCUT2D eigenvalue weighted by molar-refractivity contribution is 0.0931. The number of hydrogen-bond acceptors (Lipinski definition) is 11. The maximum Gasteiger partial charge on any atom is 0.270 e. The third-order valence-corrected chi connectivity index (χ3v) is 7.70. The molecule has 15 nitrogen and oxygen atoms in total. The molecular weight excluding hydrogens is 566 g/mol. The molecule has 3 aromatic carbocycles. The Morgan fingerprint density at radius 2 is 1.86 bits per heavy atom. The summed E-state index contributed by atoms with van der Waals surface area (Å²) in [5, 5.41) is 27.7. The van der Waals surface area contributed by atoms with Crippen LogP contribution < -0.4 is 26.8 Å². The molecule has 0 fully saturated rings. The Morgan fingerprint density at radius 3 is 2.66 bits per heavy atom. The van der Waals surface area contributed by atoms with Gasteiger partial charge in [-0.3, -0.25) is 19.2 Å². The fourth-order valence-electron chi connectivity index (χ4n) is 5.47. The molecule has 0 aliphatic heterocycles. The largest absolute Gasteiger partial charge is 0.383 e. The van der Waals surface area contributed by atoms with Gasteiger partial charge in [0.15, 0.2) is 0 Å². The number of nitrogens with zero attached hydrogens (tertiary/aromatic N) is 7. The third kappa shape index (κ3) is 4.56. The first-order valence-electron chi connectivity index (χ1n) is 13.7. The molecule has 3 heterocycles. The second-order valence-corrected chi connectivity index (χ2v) is 10.3. The Balaban J connectivity index is 1.03. The number of H-pyrrole nitrogens is 1. The molecular formula is C29H23N11O4. The molecule has 1 atom stereocenters. The lowest BCUT2D eigenvalue weighted by atomic mass is 10.0. The predicted molar refractivity (Wildman–Crippen MR) is 157 cm³/mol. The minimum atomic E-state index is -0.617. The zero-order chi connectivity index (χ0) is 30.4. The molecule has 0 unspecified atom stereocenters. The summed E-state index contributed by atoms with van der Waals surface area (Å²) in [5.74, 6) is -0.405. The van der Waals surface area contributed by atoms with Crippen LogP contribution in [0.2, 0.25) is 0 Å². The number of tetrazole rings is 1. The molecule has 0 saturated heterocycles. The molecule has 15 heteroatoms. The fourth-order valence-corrected chi connectivity index (χ4v) is 5.47. The molecule has 0 spiro atoms. The lowest BCUT2D eigenvalue weighted by Crippen LogP contribution is -2.38. The van der Waals surface area contributed by atoms with Gasteiger partial charge in [-0.1, -0.05) is 24.3 Å². The van der Waals surface area contributed by atoms with E-state index in [0.717, 1.165) is 40.5 Å². The van der Waals surface area contributed by atoms with Gasteiger partial charge in [0.1, 0.15) is 29.1 Å². The number of aromatic nitrogens is 8. The van der Waals surface area contributed by atoms with Crippen molar-refractivity contribution < 1.29 is 9.59 Å². The van der Waals surface area contributed by atoms with Crippen LogP contribution in [0.15, 0.2) is 64.6 Å². The SMILES string of the molecule is CNc1c(-n2ncc3ccc(CNC(=O)c4cc(C(=O)N[C@H]5CCc6cc(-c7nn[nH]n7)ccc65)ncn4)cc32)c(=O)c1=O. The van der Waals surface area contributed by atoms with Gasteiger partial charge < -0.3 is 16.0 Å². The molecule has 4 N–H and O–H groups in total. The summed E-state index contributed by atoms with van der Waals surface area (Å²) >= 11 is 0. The molecule has 44 heavy (non-hydrogen) atoms. The number of benzene rings is 2. The lowest BCUT2D eigenvalue weighted by Gasteiger charge is -2.14. The number of carbonyl (C=O) groups is 2. The average Bonchev–Trinajstić information content (AvgIpc) is 3.82. The van der Waals surface area contributed by atoms with Crippen LogP contribution in [0, 0.1) is 0 Å². The first-order valence-corrected chi connectivity index (χ1v) is 13.7. The maximum atomic E-state index is 13.1. The molecule has 1 aliphatic rings. The highest BCUT2D eigenvalue weighted by Crippen LogP contribution is 2.33. The molecule has 3 aromatic heterocycles.